The summed E-state index contributed by atoms with van der Waals surface area (Å²) in [6, 6.07) is 64.6. The van der Waals surface area contributed by atoms with Crippen LogP contribution in [0.1, 0.15) is 133 Å². The van der Waals surface area contributed by atoms with Gasteiger partial charge >= 0.3 is 77.8 Å². The highest BCUT2D eigenvalue weighted by atomic mass is 32.5. The summed E-state index contributed by atoms with van der Waals surface area (Å²) >= 11 is 25.6. The minimum Gasteiger partial charge on any atom is -0.420 e. The monoisotopic (exact) mass is 2310 g/mol. The first-order valence-electron chi connectivity index (χ1n) is 47.3. The zero-order chi connectivity index (χ0) is 108. The van der Waals surface area contributed by atoms with Gasteiger partial charge in [0.05, 0.1) is 135 Å². The van der Waals surface area contributed by atoms with Crippen molar-refractivity contribution in [2.75, 3.05) is 143 Å². The lowest BCUT2D eigenvalue weighted by Crippen LogP contribution is -2.17. The summed E-state index contributed by atoms with van der Waals surface area (Å²) < 4.78 is 144. The van der Waals surface area contributed by atoms with Crippen LogP contribution in [0.4, 0.5) is 0 Å². The third-order valence-corrected chi connectivity index (χ3v) is 38.4. The second-order valence-electron chi connectivity index (χ2n) is 29.8. The van der Waals surface area contributed by atoms with Crippen LogP contribution in [0.15, 0.2) is 264 Å². The SMILES string of the molecule is CCOP(OCC)N(C)/N=C/c1ccc(OP(=S)(Oc2ccc(/C=N/N(C)P(OCC)OCC)cc2)N(C)/N=C/c2ccc(OP(=S)(Oc3ccc(/C=N/N(C)P(=S)(Oc4ccc(/C=N/N(C)P(OCC)OCC)cc4)Oc4ccc(/C=N/N(C)P(OCC)OCC)cc4)cc3)Oc3ccc(/C=N/N(C)P(=S)(Oc4ccc(/C=N/N(C)P(OCC)OCC)cc4)Oc4ccc(/C=N/N(C)P(OCC)OCC)cc4)cc3)cc2)cc1. The van der Waals surface area contributed by atoms with Crippen molar-refractivity contribution < 1.29 is 95.0 Å². The normalized spacial score (nSPS) is 12.4. The van der Waals surface area contributed by atoms with E-state index in [1.807, 2.05) is 156 Å². The van der Waals surface area contributed by atoms with Gasteiger partial charge in [0.1, 0.15) is 51.7 Å². The van der Waals surface area contributed by atoms with Crippen LogP contribution in [0.2, 0.25) is 0 Å². The van der Waals surface area contributed by atoms with Crippen molar-refractivity contribution in [3.8, 4) is 51.7 Å². The van der Waals surface area contributed by atoms with E-state index in [0.717, 1.165) is 33.4 Å². The molecule has 0 amide bonds. The van der Waals surface area contributed by atoms with E-state index >= 15 is 0 Å². The summed E-state index contributed by atoms with van der Waals surface area (Å²) in [7, 11) is 7.50. The average Bonchev–Trinajstić information content (AvgIpc) is 0.819. The molecule has 0 N–H and O–H groups in total. The fraction of sp³-hybridized carbons (Fsp3) is 0.344. The van der Waals surface area contributed by atoms with Crippen LogP contribution >= 0.6 is 77.8 Å². The predicted molar refractivity (Wildman–Crippen MR) is 620 cm³/mol. The van der Waals surface area contributed by atoms with E-state index in [-0.39, 0.29) is 0 Å². The molecule has 0 radical (unpaired) electrons. The fourth-order valence-corrected chi connectivity index (χ4v) is 25.1. The molecule has 9 aromatic carbocycles. The Morgan fingerprint density at radius 3 is 0.403 bits per heavy atom. The Kier molecular flexibility index (Phi) is 54.4. The molecular formula is C96H132N18O21P10S4. The number of rotatable bonds is 69. The maximum Gasteiger partial charge on any atom is 0.490 e. The summed E-state index contributed by atoms with van der Waals surface area (Å²) in [5.74, 6) is 3.36. The van der Waals surface area contributed by atoms with Crippen molar-refractivity contribution in [2.45, 2.75) is 83.1 Å². The van der Waals surface area contributed by atoms with E-state index in [1.54, 1.807) is 294 Å². The molecule has 0 aliphatic heterocycles. The molecule has 0 bridgehead atoms. The van der Waals surface area contributed by atoms with Gasteiger partial charge in [0.25, 0.3) is 0 Å². The summed E-state index contributed by atoms with van der Waals surface area (Å²) in [5, 5.41) is 42.1. The van der Waals surface area contributed by atoms with Gasteiger partial charge in [-0.2, -0.15) is 45.9 Å². The third kappa shape index (κ3) is 42.1. The highest BCUT2D eigenvalue weighted by molar-refractivity contribution is 8.10. The Labute approximate surface area is 904 Å². The van der Waals surface area contributed by atoms with Gasteiger partial charge in [-0.3, -0.25) is 0 Å². The fourth-order valence-electron chi connectivity index (χ4n) is 11.5. The van der Waals surface area contributed by atoms with E-state index < -0.39 is 77.8 Å². The van der Waals surface area contributed by atoms with Crippen LogP contribution < -0.4 is 40.7 Å². The zero-order valence-electron chi connectivity index (χ0n) is 87.2. The minimum atomic E-state index is -3.95. The Morgan fingerprint density at radius 2 is 0.289 bits per heavy atom. The molecule has 0 heterocycles. The quantitative estimate of drug-likeness (QED) is 0.0194. The van der Waals surface area contributed by atoms with Crippen molar-refractivity contribution >= 4 is 181 Å². The maximum absolute atomic E-state index is 6.74. The van der Waals surface area contributed by atoms with Crippen LogP contribution in [0.5, 0.6) is 51.7 Å². The minimum absolute atomic E-state index is 0.291. The predicted octanol–water partition coefficient (Wildman–Crippen LogP) is 25.8. The molecule has 0 atom stereocenters. The molecule has 9 aromatic rings. The summed E-state index contributed by atoms with van der Waals surface area (Å²) in [6.07, 6.45) is 15.1. The van der Waals surface area contributed by atoms with Gasteiger partial charge in [-0.15, -0.1) is 0 Å². The molecule has 806 valence electrons. The number of hydrazone groups is 9. The summed E-state index contributed by atoms with van der Waals surface area (Å²) in [6.45, 7) is 13.8. The van der Waals surface area contributed by atoms with E-state index in [1.165, 1.54) is 14.3 Å². The lowest BCUT2D eigenvalue weighted by atomic mass is 10.2. The molecule has 149 heavy (non-hydrogen) atoms. The molecule has 0 saturated heterocycles. The average molecular weight is 2310 g/mol. The number of benzene rings is 9. The Hall–Kier alpha value is -8.89. The van der Waals surface area contributed by atoms with E-state index in [9.17, 15) is 0 Å². The first-order valence-corrected chi connectivity index (χ1v) is 64.4. The molecule has 53 heteroatoms. The zero-order valence-corrected chi connectivity index (χ0v) is 99.4. The van der Waals surface area contributed by atoms with Crippen LogP contribution in [0.25, 0.3) is 0 Å². The molecule has 39 nitrogen and oxygen atoms in total. The summed E-state index contributed by atoms with van der Waals surface area (Å²) in [5.41, 5.74) is 6.53. The third-order valence-electron chi connectivity index (χ3n) is 18.6. The highest BCUT2D eigenvalue weighted by Gasteiger charge is 2.34. The van der Waals surface area contributed by atoms with Gasteiger partial charge < -0.3 is 95.0 Å². The first kappa shape index (κ1) is 124. The standard InChI is InChI=1S/C96H132N18O21P10S4/c1-22-115-136(116-23-2)106(13)97-70-79-34-52-88(53-35-79)127-142(146,128-89-54-36-80(37-55-89)71-98-107(14)137(117-24-3)118-25-4)112(19)103-76-85-46-64-94(65-47-85)133-145(149,134-95-66-48-86(49-67-95)77-104-113(20)143(147,129-90-56-38-81(39-57-90)72-99-108(15)138(119-26-5)120-27-6)130-91-58-40-82(41-59-91)73-100-109(16)139(121-28-7)122-29-8)135-96-68-50-87(51-69-96)78-105-114(21)144(148,131-92-60-42-83(43-61-92)74-101-110(17)140(123-30-9)124-31-10)132-93-62-44-84(45-63-93)75-102-111(18)141(125-32-11)126-33-12/h34-78H,22-33H2,1-21H3/b97-70+,98-71+,99-72+,100-73+,101-74+,102-75+,103-76+,104-77+,105-78+. The molecule has 0 unspecified atom stereocenters. The van der Waals surface area contributed by atoms with Crippen molar-refractivity contribution in [1.29, 1.82) is 0 Å². The second kappa shape index (κ2) is 65.6. The van der Waals surface area contributed by atoms with Gasteiger partial charge in [0.15, 0.2) is 0 Å². The number of nitrogens with zero attached hydrogens (tertiary/aromatic N) is 18. The Morgan fingerprint density at radius 1 is 0.181 bits per heavy atom. The van der Waals surface area contributed by atoms with Gasteiger partial charge in [-0.1, -0.05) is 0 Å². The van der Waals surface area contributed by atoms with Crippen molar-refractivity contribution in [1.82, 2.24) is 43.0 Å². The van der Waals surface area contributed by atoms with Crippen LogP contribution in [-0.4, -0.2) is 242 Å². The molecular weight excluding hydrogens is 2180 g/mol. The maximum atomic E-state index is 6.74. The van der Waals surface area contributed by atoms with Crippen LogP contribution in [0, 0.1) is 0 Å². The largest absolute Gasteiger partial charge is 0.490 e. The molecule has 0 spiro atoms. The lowest BCUT2D eigenvalue weighted by molar-refractivity contribution is 0.230. The molecule has 9 rings (SSSR count). The second-order valence-corrected chi connectivity index (χ2v) is 51.8. The smallest absolute Gasteiger partial charge is 0.420 e. The van der Waals surface area contributed by atoms with Crippen molar-refractivity contribution in [2.24, 2.45) is 45.9 Å². The van der Waals surface area contributed by atoms with Gasteiger partial charge in [0, 0.05) is 111 Å². The first-order chi connectivity index (χ1) is 71.8. The van der Waals surface area contributed by atoms with Gasteiger partial charge in [0.2, 0.25) is 0 Å². The van der Waals surface area contributed by atoms with Crippen molar-refractivity contribution in [3.63, 3.8) is 0 Å². The number of hydrogen-bond donors (Lipinski definition) is 0. The number of hydrogen-bond acceptors (Lipinski definition) is 40. The molecule has 0 fully saturated rings. The van der Waals surface area contributed by atoms with Crippen molar-refractivity contribution in [3.05, 3.63) is 268 Å². The van der Waals surface area contributed by atoms with Gasteiger partial charge in [-0.25, -0.2) is 43.0 Å². The molecule has 0 aliphatic rings. The Bertz CT molecular complexity index is 5120. The summed E-state index contributed by atoms with van der Waals surface area (Å²) in [4.78, 5) is 0. The van der Waals surface area contributed by atoms with Gasteiger partial charge in [-0.05, 0) is 352 Å². The Balaban J connectivity index is 1.02. The van der Waals surface area contributed by atoms with Crippen LogP contribution in [-0.2, 0) is 102 Å². The molecule has 0 aliphatic carbocycles. The highest BCUT2D eigenvalue weighted by Crippen LogP contribution is 2.57. The molecule has 0 saturated carbocycles. The topological polar surface area (TPSA) is 334 Å². The molecule has 0 aromatic heterocycles. The van der Waals surface area contributed by atoms with Crippen LogP contribution in [0.3, 0.4) is 0 Å². The lowest BCUT2D eigenvalue weighted by Gasteiger charge is -2.29. The van der Waals surface area contributed by atoms with E-state index in [4.69, 9.17) is 158 Å². The van der Waals surface area contributed by atoms with E-state index in [0.29, 0.717) is 148 Å². The van der Waals surface area contributed by atoms with E-state index in [2.05, 4.69) is 30.6 Å².